The summed E-state index contributed by atoms with van der Waals surface area (Å²) in [4.78, 5) is 4.38. The van der Waals surface area contributed by atoms with Crippen LogP contribution in [0.3, 0.4) is 0 Å². The van der Waals surface area contributed by atoms with Crippen molar-refractivity contribution in [1.29, 1.82) is 0 Å². The van der Waals surface area contributed by atoms with Crippen LogP contribution in [-0.2, 0) is 0 Å². The van der Waals surface area contributed by atoms with E-state index in [9.17, 15) is 0 Å². The highest BCUT2D eigenvalue weighted by atomic mass is 79.9. The zero-order chi connectivity index (χ0) is 13.2. The van der Waals surface area contributed by atoms with Gasteiger partial charge in [0, 0.05) is 17.3 Å². The van der Waals surface area contributed by atoms with Crippen molar-refractivity contribution in [1.82, 2.24) is 4.98 Å². The predicted octanol–water partition coefficient (Wildman–Crippen LogP) is 5.05. The third kappa shape index (κ3) is 2.34. The summed E-state index contributed by atoms with van der Waals surface area (Å²) in [6.45, 7) is 2.06. The standard InChI is InChI=1S/C16H13BrN2/c1-11-9-10-18-16(15(11)17)19-14-8-4-6-12-5-2-3-7-13(12)14/h2-10H,1H3,(H,18,19). The summed E-state index contributed by atoms with van der Waals surface area (Å²) in [5.74, 6) is 0.844. The molecule has 2 aromatic carbocycles. The Hall–Kier alpha value is -1.87. The Kier molecular flexibility index (Phi) is 3.22. The number of aromatic nitrogens is 1. The highest BCUT2D eigenvalue weighted by Gasteiger charge is 2.06. The molecule has 94 valence electrons. The van der Waals surface area contributed by atoms with E-state index >= 15 is 0 Å². The molecule has 0 spiro atoms. The van der Waals surface area contributed by atoms with E-state index in [4.69, 9.17) is 0 Å². The van der Waals surface area contributed by atoms with Crippen molar-refractivity contribution < 1.29 is 0 Å². The molecule has 0 atom stereocenters. The maximum Gasteiger partial charge on any atom is 0.144 e. The van der Waals surface area contributed by atoms with E-state index in [1.165, 1.54) is 10.8 Å². The molecule has 1 aromatic heterocycles. The average molecular weight is 313 g/mol. The van der Waals surface area contributed by atoms with Gasteiger partial charge in [-0.25, -0.2) is 4.98 Å². The van der Waals surface area contributed by atoms with Crippen LogP contribution in [0.1, 0.15) is 5.56 Å². The number of benzene rings is 2. The number of nitrogens with zero attached hydrogens (tertiary/aromatic N) is 1. The Morgan fingerprint density at radius 2 is 1.79 bits per heavy atom. The molecule has 0 aliphatic rings. The maximum atomic E-state index is 4.38. The first kappa shape index (κ1) is 12.2. The molecule has 0 aliphatic carbocycles. The molecule has 3 rings (SSSR count). The quantitative estimate of drug-likeness (QED) is 0.716. The number of aryl methyl sites for hydroxylation is 1. The SMILES string of the molecule is Cc1ccnc(Nc2cccc3ccccc23)c1Br. The first-order valence-corrected chi connectivity index (χ1v) is 6.91. The molecule has 1 heterocycles. The molecule has 0 amide bonds. The van der Waals surface area contributed by atoms with Gasteiger partial charge in [-0.3, -0.25) is 0 Å². The van der Waals surface area contributed by atoms with Crippen molar-refractivity contribution in [3.8, 4) is 0 Å². The molecule has 0 aliphatic heterocycles. The van der Waals surface area contributed by atoms with Gasteiger partial charge in [0.1, 0.15) is 5.82 Å². The lowest BCUT2D eigenvalue weighted by Crippen LogP contribution is -1.96. The van der Waals surface area contributed by atoms with Gasteiger partial charge in [0.05, 0.1) is 4.47 Å². The van der Waals surface area contributed by atoms with Gasteiger partial charge >= 0.3 is 0 Å². The smallest absolute Gasteiger partial charge is 0.144 e. The molecular formula is C16H13BrN2. The lowest BCUT2D eigenvalue weighted by atomic mass is 10.1. The van der Waals surface area contributed by atoms with E-state index in [1.54, 1.807) is 0 Å². The highest BCUT2D eigenvalue weighted by molar-refractivity contribution is 9.10. The summed E-state index contributed by atoms with van der Waals surface area (Å²) in [5.41, 5.74) is 2.23. The Bertz CT molecular complexity index is 732. The number of rotatable bonds is 2. The third-order valence-electron chi connectivity index (χ3n) is 3.12. The van der Waals surface area contributed by atoms with Gasteiger partial charge in [0.15, 0.2) is 0 Å². The first-order valence-electron chi connectivity index (χ1n) is 6.11. The van der Waals surface area contributed by atoms with Gasteiger partial charge in [-0.05, 0) is 45.9 Å². The summed E-state index contributed by atoms with van der Waals surface area (Å²) >= 11 is 3.58. The van der Waals surface area contributed by atoms with Gasteiger partial charge in [-0.15, -0.1) is 0 Å². The topological polar surface area (TPSA) is 24.9 Å². The van der Waals surface area contributed by atoms with E-state index in [2.05, 4.69) is 57.4 Å². The van der Waals surface area contributed by atoms with Crippen LogP contribution in [0, 0.1) is 6.92 Å². The van der Waals surface area contributed by atoms with Crippen LogP contribution in [-0.4, -0.2) is 4.98 Å². The lowest BCUT2D eigenvalue weighted by molar-refractivity contribution is 1.25. The van der Waals surface area contributed by atoms with Crippen molar-refractivity contribution in [2.24, 2.45) is 0 Å². The van der Waals surface area contributed by atoms with Gasteiger partial charge in [0.25, 0.3) is 0 Å². The molecule has 0 unspecified atom stereocenters. The monoisotopic (exact) mass is 312 g/mol. The largest absolute Gasteiger partial charge is 0.339 e. The summed E-state index contributed by atoms with van der Waals surface area (Å²) in [6.07, 6.45) is 1.81. The van der Waals surface area contributed by atoms with Crippen LogP contribution >= 0.6 is 15.9 Å². The number of halogens is 1. The number of fused-ring (bicyclic) bond motifs is 1. The molecule has 0 saturated heterocycles. The van der Waals surface area contributed by atoms with E-state index in [-0.39, 0.29) is 0 Å². The maximum absolute atomic E-state index is 4.38. The normalized spacial score (nSPS) is 10.6. The first-order chi connectivity index (χ1) is 9.25. The zero-order valence-electron chi connectivity index (χ0n) is 10.5. The molecule has 3 heteroatoms. The Labute approximate surface area is 120 Å². The van der Waals surface area contributed by atoms with Crippen molar-refractivity contribution in [2.75, 3.05) is 5.32 Å². The van der Waals surface area contributed by atoms with Crippen LogP contribution in [0.4, 0.5) is 11.5 Å². The van der Waals surface area contributed by atoms with Gasteiger partial charge in [-0.1, -0.05) is 36.4 Å². The van der Waals surface area contributed by atoms with Crippen molar-refractivity contribution in [2.45, 2.75) is 6.92 Å². The number of nitrogens with one attached hydrogen (secondary N) is 1. The van der Waals surface area contributed by atoms with Crippen molar-refractivity contribution in [3.05, 3.63) is 64.8 Å². The van der Waals surface area contributed by atoms with E-state index in [1.807, 2.05) is 30.5 Å². The van der Waals surface area contributed by atoms with Crippen LogP contribution in [0.2, 0.25) is 0 Å². The number of pyridine rings is 1. The highest BCUT2D eigenvalue weighted by Crippen LogP contribution is 2.30. The Balaban J connectivity index is 2.09. The molecule has 3 aromatic rings. The average Bonchev–Trinajstić information content (AvgIpc) is 2.44. The van der Waals surface area contributed by atoms with E-state index < -0.39 is 0 Å². The summed E-state index contributed by atoms with van der Waals surface area (Å²) in [7, 11) is 0. The molecular weight excluding hydrogens is 300 g/mol. The lowest BCUT2D eigenvalue weighted by Gasteiger charge is -2.11. The zero-order valence-corrected chi connectivity index (χ0v) is 12.1. The van der Waals surface area contributed by atoms with E-state index in [0.29, 0.717) is 0 Å². The second kappa shape index (κ2) is 5.02. The fourth-order valence-electron chi connectivity index (χ4n) is 2.09. The van der Waals surface area contributed by atoms with Crippen LogP contribution < -0.4 is 5.32 Å². The van der Waals surface area contributed by atoms with Gasteiger partial charge in [-0.2, -0.15) is 0 Å². The Morgan fingerprint density at radius 1 is 1.00 bits per heavy atom. The molecule has 0 saturated carbocycles. The third-order valence-corrected chi connectivity index (χ3v) is 4.13. The van der Waals surface area contributed by atoms with Gasteiger partial charge < -0.3 is 5.32 Å². The number of hydrogen-bond acceptors (Lipinski definition) is 2. The Morgan fingerprint density at radius 3 is 2.68 bits per heavy atom. The number of hydrogen-bond donors (Lipinski definition) is 1. The van der Waals surface area contributed by atoms with Gasteiger partial charge in [0.2, 0.25) is 0 Å². The second-order valence-corrected chi connectivity index (χ2v) is 5.24. The van der Waals surface area contributed by atoms with E-state index in [0.717, 1.165) is 21.5 Å². The van der Waals surface area contributed by atoms with Crippen molar-refractivity contribution >= 4 is 38.2 Å². The summed E-state index contributed by atoms with van der Waals surface area (Å²) in [6, 6.07) is 16.5. The number of anilines is 2. The fraction of sp³-hybridized carbons (Fsp3) is 0.0625. The van der Waals surface area contributed by atoms with Crippen LogP contribution in [0.25, 0.3) is 10.8 Å². The molecule has 19 heavy (non-hydrogen) atoms. The molecule has 0 radical (unpaired) electrons. The minimum Gasteiger partial charge on any atom is -0.339 e. The minimum atomic E-state index is 0.844. The van der Waals surface area contributed by atoms with Crippen molar-refractivity contribution in [3.63, 3.8) is 0 Å². The summed E-state index contributed by atoms with van der Waals surface area (Å²) < 4.78 is 1.00. The molecule has 0 bridgehead atoms. The molecule has 0 fully saturated rings. The van der Waals surface area contributed by atoms with Crippen LogP contribution in [0.15, 0.2) is 59.2 Å². The second-order valence-electron chi connectivity index (χ2n) is 4.44. The fourth-order valence-corrected chi connectivity index (χ4v) is 2.42. The molecule has 2 nitrogen and oxygen atoms in total. The molecule has 1 N–H and O–H groups in total. The summed E-state index contributed by atoms with van der Waals surface area (Å²) in [5, 5.41) is 5.81. The predicted molar refractivity (Wildman–Crippen MR) is 83.9 cm³/mol. The minimum absolute atomic E-state index is 0.844. The van der Waals surface area contributed by atoms with Crippen LogP contribution in [0.5, 0.6) is 0 Å².